The van der Waals surface area contributed by atoms with Crippen LogP contribution in [0.1, 0.15) is 25.7 Å². The van der Waals surface area contributed by atoms with Crippen molar-refractivity contribution in [3.63, 3.8) is 0 Å². The number of rotatable bonds is 7. The highest BCUT2D eigenvalue weighted by atomic mass is 32.1. The molecule has 8 heteroatoms. The van der Waals surface area contributed by atoms with Crippen molar-refractivity contribution in [3.8, 4) is 0 Å². The fourth-order valence-corrected chi connectivity index (χ4v) is 3.43. The zero-order valence-electron chi connectivity index (χ0n) is 13.5. The van der Waals surface area contributed by atoms with Gasteiger partial charge < -0.3 is 10.3 Å². The number of aromatic amines is 1. The van der Waals surface area contributed by atoms with Crippen LogP contribution in [0.3, 0.4) is 0 Å². The molecule has 3 aromatic rings. The first-order valence-electron chi connectivity index (χ1n) is 8.06. The van der Waals surface area contributed by atoms with Crippen LogP contribution in [-0.2, 0) is 11.3 Å². The highest BCUT2D eigenvalue weighted by Gasteiger charge is 2.06. The number of amides is 1. The highest BCUT2D eigenvalue weighted by Crippen LogP contribution is 2.12. The molecule has 1 aromatic carbocycles. The number of anilines is 1. The van der Waals surface area contributed by atoms with Crippen molar-refractivity contribution in [1.82, 2.24) is 14.5 Å². The average molecular weight is 374 g/mol. The van der Waals surface area contributed by atoms with E-state index in [4.69, 9.17) is 12.2 Å². The summed E-state index contributed by atoms with van der Waals surface area (Å²) in [7, 11) is 0. The first-order chi connectivity index (χ1) is 12.1. The van der Waals surface area contributed by atoms with Gasteiger partial charge >= 0.3 is 0 Å². The van der Waals surface area contributed by atoms with Gasteiger partial charge in [0.1, 0.15) is 0 Å². The lowest BCUT2D eigenvalue weighted by atomic mass is 10.2. The Bertz CT molecular complexity index is 976. The van der Waals surface area contributed by atoms with Gasteiger partial charge in [0.2, 0.25) is 5.91 Å². The maximum absolute atomic E-state index is 12.5. The molecule has 0 saturated carbocycles. The lowest BCUT2D eigenvalue weighted by molar-refractivity contribution is -0.116. The molecule has 0 unspecified atom stereocenters. The number of nitrogens with zero attached hydrogens (tertiary/aromatic N) is 2. The number of benzene rings is 1. The van der Waals surface area contributed by atoms with Crippen LogP contribution < -0.4 is 10.9 Å². The van der Waals surface area contributed by atoms with Crippen LogP contribution in [0.4, 0.5) is 5.13 Å². The predicted octanol–water partition coefficient (Wildman–Crippen LogP) is 3.71. The molecule has 0 atom stereocenters. The Morgan fingerprint density at radius 2 is 2.12 bits per heavy atom. The standard InChI is InChI=1S/C17H18N4O2S2/c22-14(20-16-18-9-11-25-16)8-2-1-5-10-21-15(23)12-6-3-4-7-13(12)19-17(21)24/h3-4,6-7,9,11H,1-2,5,8,10H2,(H,19,24)(H,18,20,22). The molecule has 0 aliphatic carbocycles. The number of H-pyrrole nitrogens is 1. The number of unbranched alkanes of at least 4 members (excludes halogenated alkanes) is 2. The van der Waals surface area contributed by atoms with Gasteiger partial charge in [0.15, 0.2) is 9.90 Å². The number of para-hydroxylation sites is 1. The molecule has 6 nitrogen and oxygen atoms in total. The van der Waals surface area contributed by atoms with Crippen molar-refractivity contribution in [1.29, 1.82) is 0 Å². The second-order valence-electron chi connectivity index (χ2n) is 5.63. The number of aromatic nitrogens is 3. The van der Waals surface area contributed by atoms with E-state index in [0.29, 0.717) is 28.3 Å². The zero-order valence-corrected chi connectivity index (χ0v) is 15.2. The van der Waals surface area contributed by atoms with E-state index >= 15 is 0 Å². The minimum absolute atomic E-state index is 0.0323. The molecule has 3 rings (SSSR count). The minimum Gasteiger partial charge on any atom is -0.332 e. The molecule has 0 bridgehead atoms. The Balaban J connectivity index is 1.51. The number of thiazole rings is 1. The minimum atomic E-state index is -0.0686. The summed E-state index contributed by atoms with van der Waals surface area (Å²) in [4.78, 5) is 31.4. The van der Waals surface area contributed by atoms with E-state index in [-0.39, 0.29) is 11.5 Å². The van der Waals surface area contributed by atoms with E-state index in [1.165, 1.54) is 11.3 Å². The molecule has 0 radical (unpaired) electrons. The second kappa shape index (κ2) is 8.17. The molecule has 0 aliphatic heterocycles. The summed E-state index contributed by atoms with van der Waals surface area (Å²) >= 11 is 6.69. The highest BCUT2D eigenvalue weighted by molar-refractivity contribution is 7.71. The number of carbonyl (C=O) groups is 1. The molecule has 0 saturated heterocycles. The van der Waals surface area contributed by atoms with Gasteiger partial charge in [0.25, 0.3) is 5.56 Å². The summed E-state index contributed by atoms with van der Waals surface area (Å²) in [6, 6.07) is 7.35. The van der Waals surface area contributed by atoms with E-state index in [1.807, 2.05) is 23.6 Å². The monoisotopic (exact) mass is 374 g/mol. The van der Waals surface area contributed by atoms with Crippen molar-refractivity contribution in [2.24, 2.45) is 0 Å². The van der Waals surface area contributed by atoms with Gasteiger partial charge in [-0.3, -0.25) is 14.2 Å². The van der Waals surface area contributed by atoms with E-state index < -0.39 is 0 Å². The predicted molar refractivity (Wildman–Crippen MR) is 103 cm³/mol. The number of hydrogen-bond acceptors (Lipinski definition) is 5. The van der Waals surface area contributed by atoms with Gasteiger partial charge in [-0.2, -0.15) is 0 Å². The molecule has 1 amide bonds. The van der Waals surface area contributed by atoms with E-state index in [1.54, 1.807) is 16.8 Å². The molecular formula is C17H18N4O2S2. The molecule has 0 spiro atoms. The average Bonchev–Trinajstić information content (AvgIpc) is 3.10. The molecule has 0 fully saturated rings. The van der Waals surface area contributed by atoms with E-state index in [9.17, 15) is 9.59 Å². The quantitative estimate of drug-likeness (QED) is 0.488. The van der Waals surface area contributed by atoms with Crippen LogP contribution in [0.25, 0.3) is 10.9 Å². The topological polar surface area (TPSA) is 79.8 Å². The maximum Gasteiger partial charge on any atom is 0.262 e. The zero-order chi connectivity index (χ0) is 17.6. The Morgan fingerprint density at radius 1 is 1.28 bits per heavy atom. The van der Waals surface area contributed by atoms with Crippen LogP contribution in [0.15, 0.2) is 40.6 Å². The lowest BCUT2D eigenvalue weighted by Crippen LogP contribution is -2.22. The number of hydrogen-bond donors (Lipinski definition) is 2. The van der Waals surface area contributed by atoms with Crippen LogP contribution in [0.5, 0.6) is 0 Å². The number of carbonyl (C=O) groups excluding carboxylic acids is 1. The normalized spacial score (nSPS) is 10.9. The third-order valence-corrected chi connectivity index (χ3v) is 4.86. The van der Waals surface area contributed by atoms with E-state index in [0.717, 1.165) is 24.8 Å². The molecular weight excluding hydrogens is 356 g/mol. The van der Waals surface area contributed by atoms with Crippen LogP contribution >= 0.6 is 23.6 Å². The summed E-state index contributed by atoms with van der Waals surface area (Å²) in [6.07, 6.45) is 4.50. The first-order valence-corrected chi connectivity index (χ1v) is 9.35. The Morgan fingerprint density at radius 3 is 2.92 bits per heavy atom. The Hall–Kier alpha value is -2.32. The summed E-state index contributed by atoms with van der Waals surface area (Å²) in [6.45, 7) is 0.549. The largest absolute Gasteiger partial charge is 0.332 e. The van der Waals surface area contributed by atoms with E-state index in [2.05, 4.69) is 15.3 Å². The van der Waals surface area contributed by atoms with Gasteiger partial charge in [0, 0.05) is 24.5 Å². The third kappa shape index (κ3) is 4.40. The Labute approximate surface area is 153 Å². The van der Waals surface area contributed by atoms with Crippen LogP contribution in [0.2, 0.25) is 0 Å². The number of nitrogens with one attached hydrogen (secondary N) is 2. The summed E-state index contributed by atoms with van der Waals surface area (Å²) in [5.41, 5.74) is 0.688. The van der Waals surface area contributed by atoms with Gasteiger partial charge in [-0.05, 0) is 37.2 Å². The van der Waals surface area contributed by atoms with Crippen LogP contribution in [0, 0.1) is 4.77 Å². The third-order valence-electron chi connectivity index (χ3n) is 3.85. The Kier molecular flexibility index (Phi) is 5.72. The molecule has 2 heterocycles. The smallest absolute Gasteiger partial charge is 0.262 e. The molecule has 25 heavy (non-hydrogen) atoms. The summed E-state index contributed by atoms with van der Waals surface area (Å²) in [5, 5.41) is 5.84. The van der Waals surface area contributed by atoms with Gasteiger partial charge in [-0.1, -0.05) is 18.6 Å². The van der Waals surface area contributed by atoms with Gasteiger partial charge in [-0.25, -0.2) is 4.98 Å². The number of fused-ring (bicyclic) bond motifs is 1. The maximum atomic E-state index is 12.5. The van der Waals surface area contributed by atoms with Gasteiger partial charge in [-0.15, -0.1) is 11.3 Å². The van der Waals surface area contributed by atoms with Crippen molar-refractivity contribution < 1.29 is 4.79 Å². The fourth-order valence-electron chi connectivity index (χ4n) is 2.60. The molecule has 2 N–H and O–H groups in total. The van der Waals surface area contributed by atoms with Crippen molar-refractivity contribution in [2.45, 2.75) is 32.2 Å². The second-order valence-corrected chi connectivity index (χ2v) is 6.91. The summed E-state index contributed by atoms with van der Waals surface area (Å²) < 4.78 is 2.03. The fraction of sp³-hybridized carbons (Fsp3) is 0.294. The summed E-state index contributed by atoms with van der Waals surface area (Å²) in [5.74, 6) is -0.0323. The SMILES string of the molecule is O=C(CCCCCn1c(=S)[nH]c2ccccc2c1=O)Nc1nccs1. The van der Waals surface area contributed by atoms with Crippen LogP contribution in [-0.4, -0.2) is 20.4 Å². The van der Waals surface area contributed by atoms with Crippen molar-refractivity contribution in [3.05, 3.63) is 51.0 Å². The molecule has 2 aromatic heterocycles. The lowest BCUT2D eigenvalue weighted by Gasteiger charge is -2.08. The molecule has 130 valence electrons. The van der Waals surface area contributed by atoms with Crippen molar-refractivity contribution in [2.75, 3.05) is 5.32 Å². The molecule has 0 aliphatic rings. The van der Waals surface area contributed by atoms with Crippen molar-refractivity contribution >= 4 is 45.5 Å². The first kappa shape index (κ1) is 17.5. The van der Waals surface area contributed by atoms with Gasteiger partial charge in [0.05, 0.1) is 10.9 Å².